The Bertz CT molecular complexity index is 807. The summed E-state index contributed by atoms with van der Waals surface area (Å²) in [5.74, 6) is 0.509. The first-order valence-electron chi connectivity index (χ1n) is 10.5. The van der Waals surface area contributed by atoms with Crippen LogP contribution in [0.15, 0.2) is 60.7 Å². The van der Waals surface area contributed by atoms with Crippen LogP contribution < -0.4 is 0 Å². The van der Waals surface area contributed by atoms with Gasteiger partial charge in [0.05, 0.1) is 0 Å². The topological polar surface area (TPSA) is 29.5 Å². The van der Waals surface area contributed by atoms with E-state index < -0.39 is 5.60 Å². The quantitative estimate of drug-likeness (QED) is 0.579. The number of likely N-dealkylation sites (tertiary alicyclic amines) is 1. The van der Waals surface area contributed by atoms with Crippen molar-refractivity contribution in [3.8, 4) is 0 Å². The van der Waals surface area contributed by atoms with Gasteiger partial charge in [0.1, 0.15) is 5.60 Å². The van der Waals surface area contributed by atoms with Crippen LogP contribution in [-0.2, 0) is 10.2 Å². The normalized spacial score (nSPS) is 26.1. The molecule has 2 fully saturated rings. The average Bonchev–Trinajstić information content (AvgIpc) is 3.16. The van der Waals surface area contributed by atoms with E-state index in [-0.39, 0.29) is 28.7 Å². The van der Waals surface area contributed by atoms with Crippen molar-refractivity contribution in [1.82, 2.24) is 4.90 Å². The van der Waals surface area contributed by atoms with E-state index in [9.17, 15) is 4.79 Å². The van der Waals surface area contributed by atoms with Crippen LogP contribution in [0.2, 0.25) is 0 Å². The van der Waals surface area contributed by atoms with Crippen molar-refractivity contribution in [2.75, 3.05) is 13.1 Å². The Kier molecular flexibility index (Phi) is 5.37. The predicted molar refractivity (Wildman–Crippen MR) is 117 cm³/mol. The van der Waals surface area contributed by atoms with Gasteiger partial charge in [-0.1, -0.05) is 60.7 Å². The van der Waals surface area contributed by atoms with Crippen LogP contribution in [-0.4, -0.2) is 35.1 Å². The molecule has 3 nitrogen and oxygen atoms in total. The molecule has 1 heterocycles. The third kappa shape index (κ3) is 3.77. The molecule has 0 spiro atoms. The van der Waals surface area contributed by atoms with Gasteiger partial charge < -0.3 is 9.64 Å². The van der Waals surface area contributed by atoms with Gasteiger partial charge in [0, 0.05) is 23.9 Å². The van der Waals surface area contributed by atoms with Crippen molar-refractivity contribution in [1.29, 1.82) is 0 Å². The Hall–Kier alpha value is -2.00. The molecule has 0 aromatic heterocycles. The molecular weight excluding hydrogens is 382 g/mol. The summed E-state index contributed by atoms with van der Waals surface area (Å²) < 4.78 is 5.69. The Morgan fingerprint density at radius 1 is 1.00 bits per heavy atom. The van der Waals surface area contributed by atoms with Crippen LogP contribution in [0.4, 0.5) is 4.79 Å². The summed E-state index contributed by atoms with van der Waals surface area (Å²) >= 11 is 6.84. The molecule has 0 N–H and O–H groups in total. The fraction of sp³-hybridized carbons (Fsp3) is 0.480. The van der Waals surface area contributed by atoms with Crippen LogP contribution in [0, 0.1) is 11.8 Å². The molecule has 1 aliphatic carbocycles. The van der Waals surface area contributed by atoms with Crippen LogP contribution in [0.1, 0.15) is 44.7 Å². The van der Waals surface area contributed by atoms with Crippen LogP contribution >= 0.6 is 11.6 Å². The highest BCUT2D eigenvalue weighted by Crippen LogP contribution is 2.54. The number of carbonyl (C=O) groups excluding carboxylic acids is 1. The SMILES string of the molecule is CC(C)(C)OC(=O)N1C[C@H]2[C@@H](C1)C(c1ccccc1)(c1ccccc1)CC[C@@H]2Cl. The molecule has 1 aliphatic heterocycles. The van der Waals surface area contributed by atoms with E-state index in [0.29, 0.717) is 13.1 Å². The van der Waals surface area contributed by atoms with Gasteiger partial charge in [-0.15, -0.1) is 11.6 Å². The number of ether oxygens (including phenoxy) is 1. The van der Waals surface area contributed by atoms with Crippen molar-refractivity contribution >= 4 is 17.7 Å². The molecule has 154 valence electrons. The largest absolute Gasteiger partial charge is 0.444 e. The first-order chi connectivity index (χ1) is 13.8. The van der Waals surface area contributed by atoms with Crippen LogP contribution in [0.5, 0.6) is 0 Å². The lowest BCUT2D eigenvalue weighted by molar-refractivity contribution is 0.0281. The lowest BCUT2D eigenvalue weighted by Crippen LogP contribution is -2.47. The zero-order chi connectivity index (χ0) is 20.6. The molecule has 3 atom stereocenters. The zero-order valence-electron chi connectivity index (χ0n) is 17.5. The molecule has 0 bridgehead atoms. The highest BCUT2D eigenvalue weighted by atomic mass is 35.5. The Morgan fingerprint density at radius 2 is 1.55 bits per heavy atom. The maximum atomic E-state index is 12.9. The van der Waals surface area contributed by atoms with Gasteiger partial charge in [0.15, 0.2) is 0 Å². The molecule has 4 heteroatoms. The van der Waals surface area contributed by atoms with Crippen molar-refractivity contribution in [3.05, 3.63) is 71.8 Å². The third-order valence-corrected chi connectivity index (χ3v) is 7.05. The van der Waals surface area contributed by atoms with Crippen molar-refractivity contribution in [2.45, 2.75) is 50.0 Å². The Balaban J connectivity index is 1.76. The van der Waals surface area contributed by atoms with Gasteiger partial charge in [-0.05, 0) is 56.6 Å². The van der Waals surface area contributed by atoms with E-state index in [1.807, 2.05) is 25.7 Å². The van der Waals surface area contributed by atoms with E-state index in [0.717, 1.165) is 12.8 Å². The molecule has 1 saturated carbocycles. The molecule has 2 aliphatic rings. The van der Waals surface area contributed by atoms with Gasteiger partial charge in [-0.2, -0.15) is 0 Å². The fourth-order valence-corrected chi connectivity index (χ4v) is 5.68. The van der Waals surface area contributed by atoms with Crippen LogP contribution in [0.3, 0.4) is 0 Å². The number of halogens is 1. The molecule has 29 heavy (non-hydrogen) atoms. The minimum atomic E-state index is -0.499. The second kappa shape index (κ2) is 7.68. The van der Waals surface area contributed by atoms with Gasteiger partial charge in [-0.25, -0.2) is 4.79 Å². The summed E-state index contributed by atoms with van der Waals surface area (Å²) in [6.07, 6.45) is 1.69. The molecule has 4 rings (SSSR count). The highest BCUT2D eigenvalue weighted by Gasteiger charge is 2.55. The number of amides is 1. The second-order valence-corrected chi connectivity index (χ2v) is 9.97. The average molecular weight is 412 g/mol. The summed E-state index contributed by atoms with van der Waals surface area (Å²) in [7, 11) is 0. The molecule has 2 aromatic rings. The van der Waals surface area contributed by atoms with Gasteiger partial charge >= 0.3 is 6.09 Å². The second-order valence-electron chi connectivity index (χ2n) is 9.41. The fourth-order valence-electron chi connectivity index (χ4n) is 5.31. The molecule has 0 radical (unpaired) electrons. The summed E-state index contributed by atoms with van der Waals surface area (Å²) in [6, 6.07) is 21.5. The molecule has 2 aromatic carbocycles. The highest BCUT2D eigenvalue weighted by molar-refractivity contribution is 6.21. The minimum Gasteiger partial charge on any atom is -0.444 e. The number of carbonyl (C=O) groups is 1. The number of hydrogen-bond acceptors (Lipinski definition) is 2. The Labute approximate surface area is 179 Å². The number of hydrogen-bond donors (Lipinski definition) is 0. The van der Waals surface area contributed by atoms with E-state index >= 15 is 0 Å². The maximum absolute atomic E-state index is 12.9. The number of nitrogens with zero attached hydrogens (tertiary/aromatic N) is 1. The number of alkyl halides is 1. The summed E-state index contributed by atoms with van der Waals surface area (Å²) in [5, 5.41) is 0.0768. The smallest absolute Gasteiger partial charge is 0.410 e. The van der Waals surface area contributed by atoms with Crippen molar-refractivity contribution in [3.63, 3.8) is 0 Å². The number of benzene rings is 2. The summed E-state index contributed by atoms with van der Waals surface area (Å²) in [5.41, 5.74) is 1.99. The van der Waals surface area contributed by atoms with E-state index in [2.05, 4.69) is 60.7 Å². The van der Waals surface area contributed by atoms with E-state index in [1.165, 1.54) is 11.1 Å². The van der Waals surface area contributed by atoms with Crippen LogP contribution in [0.25, 0.3) is 0 Å². The minimum absolute atomic E-state index is 0.0768. The standard InChI is InChI=1S/C25H30ClNO2/c1-24(2,3)29-23(28)27-16-20-21(17-27)25(15-14-22(20)26,18-10-6-4-7-11-18)19-12-8-5-9-13-19/h4-13,20-22H,14-17H2,1-3H3/t20-,21+,22-/m0/s1. The third-order valence-electron chi connectivity index (χ3n) is 6.51. The molecule has 0 unspecified atom stereocenters. The molecular formula is C25H30ClNO2. The van der Waals surface area contributed by atoms with Gasteiger partial charge in [0.2, 0.25) is 0 Å². The van der Waals surface area contributed by atoms with E-state index in [4.69, 9.17) is 16.3 Å². The monoisotopic (exact) mass is 411 g/mol. The first-order valence-corrected chi connectivity index (χ1v) is 11.0. The van der Waals surface area contributed by atoms with Gasteiger partial charge in [-0.3, -0.25) is 0 Å². The predicted octanol–water partition coefficient (Wildman–Crippen LogP) is 5.86. The zero-order valence-corrected chi connectivity index (χ0v) is 18.2. The van der Waals surface area contributed by atoms with Crippen molar-refractivity contribution < 1.29 is 9.53 Å². The number of rotatable bonds is 2. The molecule has 1 amide bonds. The lowest BCUT2D eigenvalue weighted by Gasteiger charge is -2.48. The first kappa shape index (κ1) is 20.3. The maximum Gasteiger partial charge on any atom is 0.410 e. The summed E-state index contributed by atoms with van der Waals surface area (Å²) in [4.78, 5) is 14.7. The van der Waals surface area contributed by atoms with Gasteiger partial charge in [0.25, 0.3) is 0 Å². The lowest BCUT2D eigenvalue weighted by atomic mass is 9.56. The van der Waals surface area contributed by atoms with E-state index in [1.54, 1.807) is 0 Å². The number of fused-ring (bicyclic) bond motifs is 1. The summed E-state index contributed by atoms with van der Waals surface area (Å²) in [6.45, 7) is 7.07. The van der Waals surface area contributed by atoms with Crippen molar-refractivity contribution in [2.24, 2.45) is 11.8 Å². The Morgan fingerprint density at radius 3 is 2.07 bits per heavy atom. The molecule has 1 saturated heterocycles.